The molecule has 0 spiro atoms. The molecule has 1 aromatic carbocycles. The van der Waals surface area contributed by atoms with Crippen LogP contribution < -0.4 is 5.32 Å². The maximum atomic E-state index is 12.7. The molecule has 6 nitrogen and oxygen atoms in total. The van der Waals surface area contributed by atoms with Crippen molar-refractivity contribution in [1.82, 2.24) is 9.55 Å². The minimum atomic E-state index is -0.525. The van der Waals surface area contributed by atoms with Gasteiger partial charge in [0.15, 0.2) is 16.7 Å². The van der Waals surface area contributed by atoms with Gasteiger partial charge >= 0.3 is 5.97 Å². The Balaban J connectivity index is 2.42. The maximum Gasteiger partial charge on any atom is 0.358 e. The third-order valence-electron chi connectivity index (χ3n) is 3.93. The van der Waals surface area contributed by atoms with E-state index in [1.807, 2.05) is 6.26 Å². The molecule has 0 saturated carbocycles. The molecule has 1 N–H and O–H groups in total. The molecule has 0 aliphatic heterocycles. The predicted molar refractivity (Wildman–Crippen MR) is 114 cm³/mol. The summed E-state index contributed by atoms with van der Waals surface area (Å²) in [4.78, 5) is 29.7. The van der Waals surface area contributed by atoms with Gasteiger partial charge in [-0.1, -0.05) is 48.8 Å². The Kier molecular flexibility index (Phi) is 8.22. The molecule has 1 heterocycles. The number of carbonyl (C=O) groups excluding carboxylic acids is 2. The van der Waals surface area contributed by atoms with E-state index < -0.39 is 11.9 Å². The highest BCUT2D eigenvalue weighted by Gasteiger charge is 2.26. The lowest BCUT2D eigenvalue weighted by Gasteiger charge is -2.12. The van der Waals surface area contributed by atoms with E-state index in [0.29, 0.717) is 28.2 Å². The standard InChI is InChI=1S/C19H23Cl2N3O3S/c1-5-27-18(26)15-16(23-19(28-4)24(15)9-8-11(2)3)22-17(25)12-6-7-13(20)14(21)10-12/h6-7,10-11H,5,8-9H2,1-4H3,(H,22,25). The summed E-state index contributed by atoms with van der Waals surface area (Å²) in [6, 6.07) is 4.56. The molecule has 152 valence electrons. The normalized spacial score (nSPS) is 11.0. The van der Waals surface area contributed by atoms with Crippen LogP contribution >= 0.6 is 35.0 Å². The van der Waals surface area contributed by atoms with Gasteiger partial charge in [-0.05, 0) is 43.7 Å². The number of halogens is 2. The summed E-state index contributed by atoms with van der Waals surface area (Å²) in [6.07, 6.45) is 2.73. The van der Waals surface area contributed by atoms with Crippen molar-refractivity contribution in [3.05, 3.63) is 39.5 Å². The molecule has 28 heavy (non-hydrogen) atoms. The molecule has 0 saturated heterocycles. The van der Waals surface area contributed by atoms with Gasteiger partial charge in [-0.15, -0.1) is 0 Å². The second-order valence-corrected chi connectivity index (χ2v) is 8.02. The van der Waals surface area contributed by atoms with Gasteiger partial charge in [-0.3, -0.25) is 4.79 Å². The number of esters is 1. The van der Waals surface area contributed by atoms with E-state index in [9.17, 15) is 9.59 Å². The highest BCUT2D eigenvalue weighted by Crippen LogP contribution is 2.27. The van der Waals surface area contributed by atoms with Crippen LogP contribution in [0.2, 0.25) is 10.0 Å². The van der Waals surface area contributed by atoms with E-state index in [2.05, 4.69) is 24.1 Å². The number of nitrogens with one attached hydrogen (secondary N) is 1. The number of amides is 1. The Labute approximate surface area is 178 Å². The average Bonchev–Trinajstić information content (AvgIpc) is 2.99. The highest BCUT2D eigenvalue weighted by molar-refractivity contribution is 7.98. The number of hydrogen-bond acceptors (Lipinski definition) is 5. The lowest BCUT2D eigenvalue weighted by molar-refractivity contribution is 0.0513. The Bertz CT molecular complexity index is 868. The smallest absolute Gasteiger partial charge is 0.358 e. The molecule has 9 heteroatoms. The third kappa shape index (κ3) is 5.43. The van der Waals surface area contributed by atoms with E-state index in [1.165, 1.54) is 17.8 Å². The van der Waals surface area contributed by atoms with Crippen molar-refractivity contribution in [1.29, 1.82) is 0 Å². The SMILES string of the molecule is CCOC(=O)c1c(NC(=O)c2ccc(Cl)c(Cl)c2)nc(SC)n1CCC(C)C. The molecule has 0 radical (unpaired) electrons. The molecule has 1 aromatic heterocycles. The first kappa shape index (κ1) is 22.6. The molecule has 0 aliphatic rings. The van der Waals surface area contributed by atoms with Crippen molar-refractivity contribution in [3.63, 3.8) is 0 Å². The van der Waals surface area contributed by atoms with Crippen LogP contribution in [0.1, 0.15) is 48.0 Å². The minimum absolute atomic E-state index is 0.169. The monoisotopic (exact) mass is 443 g/mol. The lowest BCUT2D eigenvalue weighted by Crippen LogP contribution is -2.19. The van der Waals surface area contributed by atoms with Crippen LogP contribution in [0.4, 0.5) is 5.82 Å². The minimum Gasteiger partial charge on any atom is -0.461 e. The van der Waals surface area contributed by atoms with Gasteiger partial charge in [0.05, 0.1) is 16.7 Å². The van der Waals surface area contributed by atoms with Crippen LogP contribution in [-0.4, -0.2) is 34.3 Å². The summed E-state index contributed by atoms with van der Waals surface area (Å²) < 4.78 is 7.00. The zero-order valence-corrected chi connectivity index (χ0v) is 18.5. The van der Waals surface area contributed by atoms with Crippen LogP contribution in [0.3, 0.4) is 0 Å². The quantitative estimate of drug-likeness (QED) is 0.437. The van der Waals surface area contributed by atoms with Gasteiger partial charge in [-0.2, -0.15) is 0 Å². The van der Waals surface area contributed by atoms with Gasteiger partial charge in [0.25, 0.3) is 5.91 Å². The number of thioether (sulfide) groups is 1. The summed E-state index contributed by atoms with van der Waals surface area (Å²) in [5, 5.41) is 3.97. The van der Waals surface area contributed by atoms with E-state index in [1.54, 1.807) is 23.6 Å². The Morgan fingerprint density at radius 3 is 2.57 bits per heavy atom. The molecule has 2 rings (SSSR count). The molecular formula is C19H23Cl2N3O3S. The number of rotatable bonds is 8. The second-order valence-electron chi connectivity index (χ2n) is 6.43. The molecule has 0 unspecified atom stereocenters. The van der Waals surface area contributed by atoms with Crippen molar-refractivity contribution in [2.24, 2.45) is 5.92 Å². The number of hydrogen-bond donors (Lipinski definition) is 1. The predicted octanol–water partition coefficient (Wildman–Crippen LogP) is 5.39. The van der Waals surface area contributed by atoms with Gasteiger partial charge in [-0.25, -0.2) is 9.78 Å². The summed E-state index contributed by atoms with van der Waals surface area (Å²) in [5.74, 6) is -0.349. The van der Waals surface area contributed by atoms with Crippen LogP contribution in [0.5, 0.6) is 0 Å². The molecule has 1 amide bonds. The van der Waals surface area contributed by atoms with Gasteiger partial charge in [0.2, 0.25) is 0 Å². The zero-order valence-electron chi connectivity index (χ0n) is 16.2. The summed E-state index contributed by atoms with van der Waals surface area (Å²) in [7, 11) is 0. The van der Waals surface area contributed by atoms with Crippen molar-refractivity contribution < 1.29 is 14.3 Å². The molecule has 0 fully saturated rings. The topological polar surface area (TPSA) is 73.2 Å². The fourth-order valence-corrected chi connectivity index (χ4v) is 3.38. The number of ether oxygens (including phenoxy) is 1. The Morgan fingerprint density at radius 2 is 2.00 bits per heavy atom. The first-order valence-corrected chi connectivity index (χ1v) is 10.8. The van der Waals surface area contributed by atoms with Gasteiger partial charge in [0.1, 0.15) is 0 Å². The third-order valence-corrected chi connectivity index (χ3v) is 5.34. The van der Waals surface area contributed by atoms with Crippen molar-refractivity contribution in [2.75, 3.05) is 18.2 Å². The second kappa shape index (κ2) is 10.2. The fraction of sp³-hybridized carbons (Fsp3) is 0.421. The number of carbonyl (C=O) groups is 2. The Hall–Kier alpha value is -1.70. The Morgan fingerprint density at radius 1 is 1.29 bits per heavy atom. The van der Waals surface area contributed by atoms with Crippen LogP contribution in [0, 0.1) is 5.92 Å². The highest BCUT2D eigenvalue weighted by atomic mass is 35.5. The average molecular weight is 444 g/mol. The fourth-order valence-electron chi connectivity index (χ4n) is 2.49. The molecular weight excluding hydrogens is 421 g/mol. The summed E-state index contributed by atoms with van der Waals surface area (Å²) in [6.45, 7) is 6.76. The molecule has 0 bridgehead atoms. The van der Waals surface area contributed by atoms with E-state index in [-0.39, 0.29) is 23.1 Å². The lowest BCUT2D eigenvalue weighted by atomic mass is 10.1. The first-order chi connectivity index (χ1) is 13.3. The van der Waals surface area contributed by atoms with Crippen molar-refractivity contribution in [3.8, 4) is 0 Å². The number of aromatic nitrogens is 2. The van der Waals surface area contributed by atoms with Crippen LogP contribution in [0.25, 0.3) is 0 Å². The molecule has 0 atom stereocenters. The van der Waals surface area contributed by atoms with Gasteiger partial charge < -0.3 is 14.6 Å². The maximum absolute atomic E-state index is 12.7. The van der Waals surface area contributed by atoms with Crippen molar-refractivity contribution in [2.45, 2.75) is 38.9 Å². The number of anilines is 1. The largest absolute Gasteiger partial charge is 0.461 e. The molecule has 0 aliphatic carbocycles. The number of nitrogens with zero attached hydrogens (tertiary/aromatic N) is 2. The molecule has 2 aromatic rings. The van der Waals surface area contributed by atoms with Crippen LogP contribution in [0.15, 0.2) is 23.4 Å². The first-order valence-electron chi connectivity index (χ1n) is 8.86. The summed E-state index contributed by atoms with van der Waals surface area (Å²) in [5.41, 5.74) is 0.548. The summed E-state index contributed by atoms with van der Waals surface area (Å²) >= 11 is 13.3. The van der Waals surface area contributed by atoms with Gasteiger partial charge in [0, 0.05) is 12.1 Å². The van der Waals surface area contributed by atoms with E-state index in [0.717, 1.165) is 6.42 Å². The van der Waals surface area contributed by atoms with E-state index in [4.69, 9.17) is 27.9 Å². The number of imidazole rings is 1. The zero-order chi connectivity index (χ0) is 20.8. The van der Waals surface area contributed by atoms with E-state index >= 15 is 0 Å². The van der Waals surface area contributed by atoms with Crippen LogP contribution in [-0.2, 0) is 11.3 Å². The number of benzene rings is 1. The van der Waals surface area contributed by atoms with Crippen molar-refractivity contribution >= 4 is 52.7 Å².